The second-order valence-electron chi connectivity index (χ2n) is 9.06. The van der Waals surface area contributed by atoms with Gasteiger partial charge in [0.2, 0.25) is 0 Å². The molecular formula is C26H26F7N3O6. The summed E-state index contributed by atoms with van der Waals surface area (Å²) in [6, 6.07) is 1.42. The molecule has 3 atom stereocenters. The van der Waals surface area contributed by atoms with Crippen molar-refractivity contribution in [2.24, 2.45) is 0 Å². The first kappa shape index (κ1) is 32.6. The number of hydrogen-bond donors (Lipinski definition) is 2. The van der Waals surface area contributed by atoms with Crippen LogP contribution in [-0.2, 0) is 17.1 Å². The fourth-order valence-electron chi connectivity index (χ4n) is 4.43. The third-order valence-corrected chi connectivity index (χ3v) is 6.54. The van der Waals surface area contributed by atoms with Gasteiger partial charge in [0, 0.05) is 32.2 Å². The summed E-state index contributed by atoms with van der Waals surface area (Å²) in [6.45, 7) is 3.11. The maximum Gasteiger partial charge on any atom is 0.420 e. The number of ether oxygens (including phenoxy) is 1. The van der Waals surface area contributed by atoms with Crippen LogP contribution in [0.2, 0.25) is 0 Å². The van der Waals surface area contributed by atoms with Crippen molar-refractivity contribution in [2.75, 3.05) is 29.9 Å². The Labute approximate surface area is 234 Å². The standard InChI is InChI=1S/C24H20F7N3O6.C2H6/c1-32(13-4-2-12(25)3-5-13)22(39)40-20-14(24(29,30)31)8-11(23(26,27)28)9-16(20)34-7-6-33(21(34)38)15-10-17(35)19(37)18(15)36;1-2/h2-5,8-9,15,17,19,35,37H,6-7,10H2,1H3;1-2H3. The van der Waals surface area contributed by atoms with Gasteiger partial charge in [-0.1, -0.05) is 13.8 Å². The van der Waals surface area contributed by atoms with Crippen LogP contribution in [0.15, 0.2) is 36.4 Å². The summed E-state index contributed by atoms with van der Waals surface area (Å²) in [5, 5.41) is 19.5. The molecule has 1 aliphatic heterocycles. The Morgan fingerprint density at radius 1 is 0.976 bits per heavy atom. The molecule has 2 aliphatic rings. The largest absolute Gasteiger partial charge is 0.420 e. The van der Waals surface area contributed by atoms with Crippen LogP contribution >= 0.6 is 0 Å². The Morgan fingerprint density at radius 3 is 2.07 bits per heavy atom. The zero-order valence-electron chi connectivity index (χ0n) is 22.3. The summed E-state index contributed by atoms with van der Waals surface area (Å²) >= 11 is 0. The first-order valence-electron chi connectivity index (χ1n) is 12.5. The van der Waals surface area contributed by atoms with Gasteiger partial charge in [0.15, 0.2) is 11.5 Å². The average molecular weight is 609 g/mol. The molecule has 0 bridgehead atoms. The van der Waals surface area contributed by atoms with E-state index >= 15 is 0 Å². The van der Waals surface area contributed by atoms with E-state index in [1.807, 2.05) is 13.8 Å². The molecule has 4 rings (SSSR count). The summed E-state index contributed by atoms with van der Waals surface area (Å²) in [5.41, 5.74) is -4.89. The summed E-state index contributed by atoms with van der Waals surface area (Å²) in [6.07, 6.45) is -16.0. The topological polar surface area (TPSA) is 111 Å². The quantitative estimate of drug-likeness (QED) is 0.481. The monoisotopic (exact) mass is 609 g/mol. The molecule has 3 amide bonds. The minimum Gasteiger partial charge on any atom is -0.407 e. The number of halogens is 7. The number of hydrogen-bond acceptors (Lipinski definition) is 6. The number of aliphatic hydroxyl groups excluding tert-OH is 2. The van der Waals surface area contributed by atoms with Crippen LogP contribution in [0.4, 0.5) is 51.7 Å². The van der Waals surface area contributed by atoms with Crippen LogP contribution in [0.3, 0.4) is 0 Å². The molecule has 2 aromatic carbocycles. The Kier molecular flexibility index (Phi) is 9.41. The van der Waals surface area contributed by atoms with Gasteiger partial charge in [-0.3, -0.25) is 14.6 Å². The van der Waals surface area contributed by atoms with Gasteiger partial charge in [-0.2, -0.15) is 26.3 Å². The van der Waals surface area contributed by atoms with Crippen molar-refractivity contribution in [2.45, 2.75) is 50.9 Å². The molecule has 0 spiro atoms. The van der Waals surface area contributed by atoms with Gasteiger partial charge < -0.3 is 19.8 Å². The molecule has 3 unspecified atom stereocenters. The van der Waals surface area contributed by atoms with E-state index in [1.165, 1.54) is 0 Å². The Morgan fingerprint density at radius 2 is 1.57 bits per heavy atom. The van der Waals surface area contributed by atoms with Gasteiger partial charge in [0.25, 0.3) is 0 Å². The van der Waals surface area contributed by atoms with Crippen LogP contribution < -0.4 is 14.5 Å². The number of nitrogens with zero attached hydrogens (tertiary/aromatic N) is 3. The number of anilines is 2. The van der Waals surface area contributed by atoms with Gasteiger partial charge in [-0.25, -0.2) is 14.0 Å². The first-order chi connectivity index (χ1) is 19.5. The van der Waals surface area contributed by atoms with E-state index in [-0.39, 0.29) is 24.4 Å². The zero-order chi connectivity index (χ0) is 31.7. The lowest BCUT2D eigenvalue weighted by Crippen LogP contribution is -2.43. The van der Waals surface area contributed by atoms with Crippen molar-refractivity contribution >= 4 is 29.3 Å². The molecular weight excluding hydrogens is 583 g/mol. The van der Waals surface area contributed by atoms with E-state index in [4.69, 9.17) is 4.74 Å². The summed E-state index contributed by atoms with van der Waals surface area (Å²) in [4.78, 5) is 40.2. The van der Waals surface area contributed by atoms with E-state index in [1.54, 1.807) is 0 Å². The number of carbonyl (C=O) groups excluding carboxylic acids is 3. The van der Waals surface area contributed by atoms with Gasteiger partial charge in [0.1, 0.15) is 17.5 Å². The Balaban J connectivity index is 0.00000237. The normalized spacial score (nSPS) is 20.9. The lowest BCUT2D eigenvalue weighted by Gasteiger charge is -2.27. The number of Topliss-reactive ketones (excluding diaryl/α,β-unsaturated/α-hetero) is 1. The van der Waals surface area contributed by atoms with Crippen LogP contribution in [0.5, 0.6) is 5.75 Å². The lowest BCUT2D eigenvalue weighted by atomic mass is 10.1. The van der Waals surface area contributed by atoms with E-state index in [2.05, 4.69) is 0 Å². The number of carbonyl (C=O) groups is 3. The maximum absolute atomic E-state index is 14.0. The van der Waals surface area contributed by atoms with Crippen molar-refractivity contribution in [3.05, 3.63) is 53.3 Å². The highest BCUT2D eigenvalue weighted by molar-refractivity contribution is 6.01. The SMILES string of the molecule is CC.CN(C(=O)Oc1c(N2CCN(C3CC(O)C(O)C3=O)C2=O)cc(C(F)(F)F)cc1C(F)(F)F)c1ccc(F)cc1. The molecule has 9 nitrogen and oxygen atoms in total. The Hall–Kier alpha value is -3.92. The molecule has 230 valence electrons. The van der Waals surface area contributed by atoms with E-state index in [0.29, 0.717) is 9.80 Å². The molecule has 0 aromatic heterocycles. The number of ketones is 1. The van der Waals surface area contributed by atoms with E-state index < -0.39 is 89.9 Å². The predicted octanol–water partition coefficient (Wildman–Crippen LogP) is 4.83. The third-order valence-electron chi connectivity index (χ3n) is 6.54. The minimum absolute atomic E-state index is 0.0336. The van der Waals surface area contributed by atoms with Gasteiger partial charge in [-0.15, -0.1) is 0 Å². The molecule has 42 heavy (non-hydrogen) atoms. The van der Waals surface area contributed by atoms with Crippen molar-refractivity contribution in [1.82, 2.24) is 4.90 Å². The van der Waals surface area contributed by atoms with Gasteiger partial charge in [-0.05, 0) is 36.4 Å². The second kappa shape index (κ2) is 12.1. The summed E-state index contributed by atoms with van der Waals surface area (Å²) < 4.78 is 101. The smallest absolute Gasteiger partial charge is 0.407 e. The average Bonchev–Trinajstić information content (AvgIpc) is 3.42. The Bertz CT molecular complexity index is 1330. The fraction of sp³-hybridized carbons (Fsp3) is 0.423. The minimum atomic E-state index is -5.49. The molecule has 1 heterocycles. The van der Waals surface area contributed by atoms with Crippen LogP contribution in [0.25, 0.3) is 0 Å². The zero-order valence-corrected chi connectivity index (χ0v) is 22.3. The molecule has 16 heteroatoms. The van der Waals surface area contributed by atoms with Crippen molar-refractivity contribution < 1.29 is 60.1 Å². The molecule has 2 N–H and O–H groups in total. The van der Waals surface area contributed by atoms with E-state index in [0.717, 1.165) is 36.2 Å². The summed E-state index contributed by atoms with van der Waals surface area (Å²) in [5.74, 6) is -3.05. The predicted molar refractivity (Wildman–Crippen MR) is 133 cm³/mol. The molecule has 1 saturated heterocycles. The fourth-order valence-corrected chi connectivity index (χ4v) is 4.43. The number of benzene rings is 2. The van der Waals surface area contributed by atoms with Crippen molar-refractivity contribution in [1.29, 1.82) is 0 Å². The van der Waals surface area contributed by atoms with Crippen molar-refractivity contribution in [3.8, 4) is 5.75 Å². The molecule has 1 saturated carbocycles. The molecule has 1 aliphatic carbocycles. The summed E-state index contributed by atoms with van der Waals surface area (Å²) in [7, 11) is 1.05. The highest BCUT2D eigenvalue weighted by Crippen LogP contribution is 2.47. The molecule has 2 fully saturated rings. The highest BCUT2D eigenvalue weighted by Gasteiger charge is 2.49. The molecule has 0 radical (unpaired) electrons. The van der Waals surface area contributed by atoms with Gasteiger partial charge >= 0.3 is 24.5 Å². The maximum atomic E-state index is 14.0. The van der Waals surface area contributed by atoms with Crippen molar-refractivity contribution in [3.63, 3.8) is 0 Å². The van der Waals surface area contributed by atoms with E-state index in [9.17, 15) is 55.3 Å². The number of rotatable bonds is 4. The van der Waals surface area contributed by atoms with Crippen LogP contribution in [-0.4, -0.2) is 71.4 Å². The number of alkyl halides is 6. The first-order valence-corrected chi connectivity index (χ1v) is 12.5. The third kappa shape index (κ3) is 6.43. The van der Waals surface area contributed by atoms with Gasteiger partial charge in [0.05, 0.1) is 23.4 Å². The lowest BCUT2D eigenvalue weighted by molar-refractivity contribution is -0.143. The second-order valence-corrected chi connectivity index (χ2v) is 9.06. The molecule has 2 aromatic rings. The van der Waals surface area contributed by atoms with Crippen LogP contribution in [0, 0.1) is 5.82 Å². The number of amides is 3. The number of aliphatic hydroxyl groups is 2. The highest BCUT2D eigenvalue weighted by atomic mass is 19.4. The number of urea groups is 1. The van der Waals surface area contributed by atoms with Crippen LogP contribution in [0.1, 0.15) is 31.4 Å².